The fourth-order valence-corrected chi connectivity index (χ4v) is 5.43. The van der Waals surface area contributed by atoms with E-state index in [1.54, 1.807) is 36.4 Å². The molecular weight excluding hydrogens is 484 g/mol. The number of nitro benzene ring substituents is 1. The van der Waals surface area contributed by atoms with E-state index >= 15 is 0 Å². The predicted molar refractivity (Wildman–Crippen MR) is 136 cm³/mol. The SMILES string of the molecule is Cc1ccc(Sc2ccc([N+](=O)[O-])c(/C=C3/SC(=S)N(c4ccccc4Cl)C3=O)c2)cc1. The van der Waals surface area contributed by atoms with Crippen LogP contribution < -0.4 is 4.90 Å². The number of para-hydroxylation sites is 1. The number of carbonyl (C=O) groups excluding carboxylic acids is 1. The maximum atomic E-state index is 13.1. The Kier molecular flexibility index (Phi) is 6.66. The first-order valence-electron chi connectivity index (χ1n) is 9.39. The highest BCUT2D eigenvalue weighted by Crippen LogP contribution is 2.40. The number of hydrogen-bond acceptors (Lipinski definition) is 6. The van der Waals surface area contributed by atoms with Gasteiger partial charge in [-0.15, -0.1) is 0 Å². The van der Waals surface area contributed by atoms with Gasteiger partial charge in [-0.25, -0.2) is 0 Å². The maximum Gasteiger partial charge on any atom is 0.276 e. The van der Waals surface area contributed by atoms with Gasteiger partial charge in [-0.3, -0.25) is 19.8 Å². The van der Waals surface area contributed by atoms with Crippen molar-refractivity contribution >= 4 is 75.0 Å². The van der Waals surface area contributed by atoms with Crippen molar-refractivity contribution in [3.05, 3.63) is 97.9 Å². The second-order valence-corrected chi connectivity index (χ2v) is 10.1. The molecule has 1 heterocycles. The van der Waals surface area contributed by atoms with E-state index < -0.39 is 4.92 Å². The fraction of sp³-hybridized carbons (Fsp3) is 0.0435. The third-order valence-electron chi connectivity index (χ3n) is 4.63. The Hall–Kier alpha value is -2.65. The lowest BCUT2D eigenvalue weighted by Gasteiger charge is -2.15. The van der Waals surface area contributed by atoms with Gasteiger partial charge in [0.1, 0.15) is 0 Å². The van der Waals surface area contributed by atoms with Crippen LogP contribution in [0.4, 0.5) is 11.4 Å². The molecule has 1 fully saturated rings. The van der Waals surface area contributed by atoms with Crippen LogP contribution in [0.2, 0.25) is 5.02 Å². The number of rotatable bonds is 5. The van der Waals surface area contributed by atoms with E-state index in [-0.39, 0.29) is 11.6 Å². The fourth-order valence-electron chi connectivity index (χ4n) is 3.07. The smallest absolute Gasteiger partial charge is 0.268 e. The Morgan fingerprint density at radius 3 is 2.47 bits per heavy atom. The normalized spacial score (nSPS) is 14.9. The summed E-state index contributed by atoms with van der Waals surface area (Å²) in [5, 5.41) is 12.0. The molecule has 5 nitrogen and oxygen atoms in total. The van der Waals surface area contributed by atoms with E-state index in [0.29, 0.717) is 25.5 Å². The molecule has 3 aromatic carbocycles. The molecular formula is C23H15ClN2O3S3. The largest absolute Gasteiger partial charge is 0.276 e. The summed E-state index contributed by atoms with van der Waals surface area (Å²) in [5.41, 5.74) is 1.89. The van der Waals surface area contributed by atoms with Crippen molar-refractivity contribution in [1.82, 2.24) is 0 Å². The topological polar surface area (TPSA) is 63.5 Å². The molecule has 0 saturated carbocycles. The zero-order valence-electron chi connectivity index (χ0n) is 16.7. The summed E-state index contributed by atoms with van der Waals surface area (Å²) in [5.74, 6) is -0.362. The minimum absolute atomic E-state index is 0.0822. The van der Waals surface area contributed by atoms with Crippen molar-refractivity contribution in [2.45, 2.75) is 16.7 Å². The molecule has 4 rings (SSSR count). The van der Waals surface area contributed by atoms with Gasteiger partial charge in [-0.1, -0.05) is 77.2 Å². The average molecular weight is 499 g/mol. The summed E-state index contributed by atoms with van der Waals surface area (Å²) in [6, 6.07) is 19.8. The Balaban J connectivity index is 1.69. The van der Waals surface area contributed by atoms with Crippen LogP contribution in [0, 0.1) is 17.0 Å². The van der Waals surface area contributed by atoms with E-state index in [0.717, 1.165) is 27.1 Å². The molecule has 160 valence electrons. The van der Waals surface area contributed by atoms with Crippen LogP contribution in [0.15, 0.2) is 81.4 Å². The Bertz CT molecular complexity index is 1280. The first-order chi connectivity index (χ1) is 15.3. The number of thiocarbonyl (C=S) groups is 1. The Morgan fingerprint density at radius 2 is 1.78 bits per heavy atom. The molecule has 1 aliphatic heterocycles. The molecule has 0 N–H and O–H groups in total. The number of amides is 1. The van der Waals surface area contributed by atoms with Gasteiger partial charge in [0.05, 0.1) is 26.1 Å². The number of thioether (sulfide) groups is 1. The second kappa shape index (κ2) is 9.46. The number of hydrogen-bond donors (Lipinski definition) is 0. The van der Waals surface area contributed by atoms with Crippen LogP contribution in [-0.2, 0) is 4.79 Å². The van der Waals surface area contributed by atoms with Crippen molar-refractivity contribution in [1.29, 1.82) is 0 Å². The molecule has 0 atom stereocenters. The zero-order chi connectivity index (χ0) is 22.8. The molecule has 0 aromatic heterocycles. The van der Waals surface area contributed by atoms with E-state index in [1.165, 1.54) is 28.8 Å². The quantitative estimate of drug-likeness (QED) is 0.161. The third-order valence-corrected chi connectivity index (χ3v) is 7.25. The van der Waals surface area contributed by atoms with E-state index in [2.05, 4.69) is 0 Å². The molecule has 3 aromatic rings. The van der Waals surface area contributed by atoms with Crippen molar-refractivity contribution in [3.63, 3.8) is 0 Å². The Labute approximate surface area is 203 Å². The number of benzene rings is 3. The summed E-state index contributed by atoms with van der Waals surface area (Å²) in [6.07, 6.45) is 1.52. The van der Waals surface area contributed by atoms with Gasteiger partial charge in [-0.05, 0) is 49.4 Å². The highest BCUT2D eigenvalue weighted by molar-refractivity contribution is 8.27. The number of carbonyl (C=O) groups is 1. The molecule has 0 radical (unpaired) electrons. The molecule has 1 amide bonds. The van der Waals surface area contributed by atoms with Gasteiger partial charge in [0, 0.05) is 15.9 Å². The number of nitrogens with zero attached hydrogens (tertiary/aromatic N) is 2. The molecule has 1 aliphatic rings. The molecule has 0 aliphatic carbocycles. The summed E-state index contributed by atoms with van der Waals surface area (Å²) < 4.78 is 0.321. The van der Waals surface area contributed by atoms with Crippen LogP contribution in [0.25, 0.3) is 6.08 Å². The summed E-state index contributed by atoms with van der Waals surface area (Å²) in [7, 11) is 0. The lowest BCUT2D eigenvalue weighted by atomic mass is 10.1. The molecule has 0 spiro atoms. The lowest BCUT2D eigenvalue weighted by Crippen LogP contribution is -2.27. The highest BCUT2D eigenvalue weighted by Gasteiger charge is 2.34. The standard InChI is InChI=1S/C23H15ClN2O3S3/c1-14-6-8-16(9-7-14)31-17-10-11-19(26(28)29)15(12-17)13-21-22(27)25(23(30)32-21)20-5-3-2-4-18(20)24/h2-13H,1H3/b21-13+. The minimum atomic E-state index is -0.457. The lowest BCUT2D eigenvalue weighted by molar-refractivity contribution is -0.385. The van der Waals surface area contributed by atoms with Crippen molar-refractivity contribution in [3.8, 4) is 0 Å². The van der Waals surface area contributed by atoms with E-state index in [9.17, 15) is 14.9 Å². The number of aryl methyl sites for hydroxylation is 1. The van der Waals surface area contributed by atoms with E-state index in [4.69, 9.17) is 23.8 Å². The molecule has 1 saturated heterocycles. The number of anilines is 1. The van der Waals surface area contributed by atoms with Gasteiger partial charge in [0.25, 0.3) is 11.6 Å². The maximum absolute atomic E-state index is 13.1. The van der Waals surface area contributed by atoms with Crippen LogP contribution in [0.1, 0.15) is 11.1 Å². The first kappa shape index (κ1) is 22.5. The van der Waals surface area contributed by atoms with E-state index in [1.807, 2.05) is 31.2 Å². The van der Waals surface area contributed by atoms with Gasteiger partial charge in [0.15, 0.2) is 4.32 Å². The van der Waals surface area contributed by atoms with Crippen molar-refractivity contribution < 1.29 is 9.72 Å². The van der Waals surface area contributed by atoms with Crippen molar-refractivity contribution in [2.75, 3.05) is 4.90 Å². The second-order valence-electron chi connectivity index (χ2n) is 6.86. The Morgan fingerprint density at radius 1 is 1.09 bits per heavy atom. The summed E-state index contributed by atoms with van der Waals surface area (Å²) >= 11 is 14.2. The molecule has 0 unspecified atom stereocenters. The highest BCUT2D eigenvalue weighted by atomic mass is 35.5. The molecule has 32 heavy (non-hydrogen) atoms. The average Bonchev–Trinajstić information content (AvgIpc) is 3.03. The van der Waals surface area contributed by atoms with Gasteiger partial charge >= 0.3 is 0 Å². The zero-order valence-corrected chi connectivity index (χ0v) is 19.9. The van der Waals surface area contributed by atoms with Crippen LogP contribution in [0.5, 0.6) is 0 Å². The van der Waals surface area contributed by atoms with Gasteiger partial charge < -0.3 is 0 Å². The summed E-state index contributed by atoms with van der Waals surface area (Å²) in [4.78, 5) is 27.7. The minimum Gasteiger partial charge on any atom is -0.268 e. The molecule has 0 bridgehead atoms. The van der Waals surface area contributed by atoms with Crippen LogP contribution in [-0.4, -0.2) is 15.2 Å². The van der Waals surface area contributed by atoms with Gasteiger partial charge in [-0.2, -0.15) is 0 Å². The first-order valence-corrected chi connectivity index (χ1v) is 11.8. The summed E-state index contributed by atoms with van der Waals surface area (Å²) in [6.45, 7) is 2.01. The monoisotopic (exact) mass is 498 g/mol. The van der Waals surface area contributed by atoms with Crippen molar-refractivity contribution in [2.24, 2.45) is 0 Å². The van der Waals surface area contributed by atoms with Crippen LogP contribution in [0.3, 0.4) is 0 Å². The molecule has 9 heteroatoms. The van der Waals surface area contributed by atoms with Gasteiger partial charge in [0.2, 0.25) is 0 Å². The number of nitro groups is 1. The predicted octanol–water partition coefficient (Wildman–Crippen LogP) is 7.11. The number of halogens is 1. The van der Waals surface area contributed by atoms with Crippen LogP contribution >= 0.6 is 47.3 Å². The third kappa shape index (κ3) is 4.73.